The van der Waals surface area contributed by atoms with E-state index in [2.05, 4.69) is 27.7 Å². The minimum atomic E-state index is 0. The van der Waals surface area contributed by atoms with Crippen LogP contribution in [0.2, 0.25) is 0 Å². The maximum Gasteiger partial charge on any atom is 4.00 e. The van der Waals surface area contributed by atoms with Crippen LogP contribution in [0, 0.1) is 25.7 Å². The van der Waals surface area contributed by atoms with Crippen molar-refractivity contribution in [3.05, 3.63) is 25.0 Å². The molecular formula is C22H40Zr+2. The van der Waals surface area contributed by atoms with E-state index in [9.17, 15) is 0 Å². The first-order valence-corrected chi connectivity index (χ1v) is 10.0. The molecule has 0 aromatic heterocycles. The summed E-state index contributed by atoms with van der Waals surface area (Å²) < 4.78 is 0. The van der Waals surface area contributed by atoms with Crippen molar-refractivity contribution in [2.24, 2.45) is 11.8 Å². The van der Waals surface area contributed by atoms with E-state index in [1.165, 1.54) is 89.9 Å². The third kappa shape index (κ3) is 10.3. The summed E-state index contributed by atoms with van der Waals surface area (Å²) in [6.07, 6.45) is 19.8. The van der Waals surface area contributed by atoms with Crippen LogP contribution in [0.4, 0.5) is 0 Å². The average Bonchev–Trinajstić information content (AvgIpc) is 3.27. The Morgan fingerprint density at radius 2 is 0.826 bits per heavy atom. The molecule has 2 atom stereocenters. The molecule has 3 aliphatic carbocycles. The molecule has 0 aromatic carbocycles. The predicted octanol–water partition coefficient (Wildman–Crippen LogP) is 7.70. The van der Waals surface area contributed by atoms with Crippen LogP contribution in [0.15, 0.2) is 11.1 Å². The largest absolute Gasteiger partial charge is 4.00 e. The number of allylic oxidation sites excluding steroid dienone is 2. The Kier molecular flexibility index (Phi) is 15.3. The zero-order chi connectivity index (χ0) is 16.2. The zero-order valence-electron chi connectivity index (χ0n) is 16.0. The minimum Gasteiger partial charge on any atom is -0.342 e. The van der Waals surface area contributed by atoms with Crippen LogP contribution in [-0.2, 0) is 26.2 Å². The van der Waals surface area contributed by atoms with Gasteiger partial charge < -0.3 is 13.8 Å². The van der Waals surface area contributed by atoms with Crippen LogP contribution in [0.5, 0.6) is 0 Å². The van der Waals surface area contributed by atoms with Gasteiger partial charge in [0.15, 0.2) is 0 Å². The molecule has 0 saturated heterocycles. The van der Waals surface area contributed by atoms with E-state index < -0.39 is 0 Å². The number of rotatable bonds is 2. The van der Waals surface area contributed by atoms with Gasteiger partial charge in [0.25, 0.3) is 0 Å². The molecule has 0 N–H and O–H groups in total. The number of hydrogen-bond acceptors (Lipinski definition) is 0. The van der Waals surface area contributed by atoms with Gasteiger partial charge in [-0.1, -0.05) is 102 Å². The van der Waals surface area contributed by atoms with Gasteiger partial charge in [-0.2, -0.15) is 11.8 Å². The van der Waals surface area contributed by atoms with Crippen molar-refractivity contribution in [2.45, 2.75) is 104 Å². The van der Waals surface area contributed by atoms with Crippen molar-refractivity contribution in [3.8, 4) is 0 Å². The Morgan fingerprint density at radius 3 is 1.00 bits per heavy atom. The summed E-state index contributed by atoms with van der Waals surface area (Å²) in [5, 5.41) is 0. The topological polar surface area (TPSA) is 0 Å². The van der Waals surface area contributed by atoms with Gasteiger partial charge in [-0.25, -0.2) is 0 Å². The second-order valence-corrected chi connectivity index (χ2v) is 7.38. The Balaban J connectivity index is 0.000000362. The molecule has 2 saturated carbocycles. The van der Waals surface area contributed by atoms with Gasteiger partial charge in [-0.15, -0.1) is 0 Å². The predicted molar refractivity (Wildman–Crippen MR) is 101 cm³/mol. The van der Waals surface area contributed by atoms with E-state index in [-0.39, 0.29) is 26.2 Å². The molecule has 0 radical (unpaired) electrons. The van der Waals surface area contributed by atoms with Crippen molar-refractivity contribution >= 4 is 0 Å². The Morgan fingerprint density at radius 1 is 0.609 bits per heavy atom. The van der Waals surface area contributed by atoms with Crippen LogP contribution < -0.4 is 0 Å². The summed E-state index contributed by atoms with van der Waals surface area (Å²) in [5.74, 6) is 1.10. The average molecular weight is 396 g/mol. The standard InChI is InChI=1S/C12H20.2C5H10.Zr/c1-5-11-7-9(3)10(4)8-12(11)6-2;2*1-2-4-5-3-1;/h9-10H,3-8H2,1-2H3;2*1-5H2;/q-2;;;+4/t9-,10+;;;. The maximum atomic E-state index is 4.15. The second kappa shape index (κ2) is 14.9. The summed E-state index contributed by atoms with van der Waals surface area (Å²) in [5.41, 5.74) is 3.30. The molecule has 0 spiro atoms. The van der Waals surface area contributed by atoms with Gasteiger partial charge in [0.1, 0.15) is 0 Å². The second-order valence-electron chi connectivity index (χ2n) is 7.38. The van der Waals surface area contributed by atoms with E-state index in [0.29, 0.717) is 11.8 Å². The van der Waals surface area contributed by atoms with Gasteiger partial charge in [0, 0.05) is 0 Å². The molecule has 0 heterocycles. The van der Waals surface area contributed by atoms with Crippen molar-refractivity contribution in [2.75, 3.05) is 0 Å². The van der Waals surface area contributed by atoms with Gasteiger partial charge in [0.05, 0.1) is 0 Å². The molecule has 0 amide bonds. The third-order valence-corrected chi connectivity index (χ3v) is 5.54. The first-order chi connectivity index (χ1) is 10.7. The maximum absolute atomic E-state index is 4.15. The first-order valence-electron chi connectivity index (χ1n) is 10.0. The smallest absolute Gasteiger partial charge is 0.342 e. The van der Waals surface area contributed by atoms with Gasteiger partial charge in [0.2, 0.25) is 0 Å². The van der Waals surface area contributed by atoms with Crippen LogP contribution in [-0.4, -0.2) is 0 Å². The van der Waals surface area contributed by atoms with Crippen molar-refractivity contribution in [1.82, 2.24) is 0 Å². The molecule has 0 unspecified atom stereocenters. The fourth-order valence-electron chi connectivity index (χ4n) is 3.81. The van der Waals surface area contributed by atoms with E-state index in [4.69, 9.17) is 0 Å². The third-order valence-electron chi connectivity index (χ3n) is 5.54. The fourth-order valence-corrected chi connectivity index (χ4v) is 3.81. The summed E-state index contributed by atoms with van der Waals surface area (Å²) in [7, 11) is 0. The molecule has 3 aliphatic rings. The molecular weight excluding hydrogens is 355 g/mol. The van der Waals surface area contributed by atoms with Gasteiger partial charge in [-0.3, -0.25) is 0 Å². The Bertz CT molecular complexity index is 252. The normalized spacial score (nSPS) is 26.6. The summed E-state index contributed by atoms with van der Waals surface area (Å²) in [6, 6.07) is 0. The number of hydrogen-bond donors (Lipinski definition) is 0. The summed E-state index contributed by atoms with van der Waals surface area (Å²) >= 11 is 0. The van der Waals surface area contributed by atoms with E-state index in [1.54, 1.807) is 11.1 Å². The summed E-state index contributed by atoms with van der Waals surface area (Å²) in [4.78, 5) is 0. The summed E-state index contributed by atoms with van der Waals surface area (Å²) in [6.45, 7) is 12.8. The van der Waals surface area contributed by atoms with Gasteiger partial charge >= 0.3 is 26.2 Å². The van der Waals surface area contributed by atoms with E-state index >= 15 is 0 Å². The Hall–Kier alpha value is 0.623. The van der Waals surface area contributed by atoms with Crippen molar-refractivity contribution in [3.63, 3.8) is 0 Å². The molecule has 0 aromatic rings. The van der Waals surface area contributed by atoms with Gasteiger partial charge in [-0.05, 0) is 12.8 Å². The van der Waals surface area contributed by atoms with Crippen LogP contribution in [0.3, 0.4) is 0 Å². The fraction of sp³-hybridized carbons (Fsp3) is 0.818. The van der Waals surface area contributed by atoms with Crippen molar-refractivity contribution < 1.29 is 26.2 Å². The molecule has 0 aliphatic heterocycles. The van der Waals surface area contributed by atoms with Crippen LogP contribution in [0.25, 0.3) is 0 Å². The molecule has 0 nitrogen and oxygen atoms in total. The van der Waals surface area contributed by atoms with E-state index in [0.717, 1.165) is 0 Å². The minimum absolute atomic E-state index is 0. The van der Waals surface area contributed by atoms with E-state index in [1.807, 2.05) is 0 Å². The quantitative estimate of drug-likeness (QED) is 0.332. The molecule has 1 heteroatoms. The first kappa shape index (κ1) is 23.6. The molecule has 3 rings (SSSR count). The SMILES string of the molecule is C1CCCC1.C1CCCC1.[CH2-][C@@H]1CC(CC)=C(CC)C[C@@H]1[CH2-].[Zr+4]. The molecule has 2 fully saturated rings. The zero-order valence-corrected chi connectivity index (χ0v) is 18.4. The molecule has 0 bridgehead atoms. The molecule has 23 heavy (non-hydrogen) atoms. The molecule has 130 valence electrons. The van der Waals surface area contributed by atoms with Crippen LogP contribution in [0.1, 0.15) is 104 Å². The van der Waals surface area contributed by atoms with Crippen LogP contribution >= 0.6 is 0 Å². The van der Waals surface area contributed by atoms with Crippen molar-refractivity contribution in [1.29, 1.82) is 0 Å². The monoisotopic (exact) mass is 394 g/mol. The Labute approximate surface area is 166 Å².